The Hall–Kier alpha value is -1.99. The minimum absolute atomic E-state index is 0.0811. The van der Waals surface area contributed by atoms with Gasteiger partial charge in [-0.05, 0) is 38.0 Å². The number of thiazole rings is 1. The largest absolute Gasteiger partial charge is 0.381 e. The van der Waals surface area contributed by atoms with Crippen LogP contribution in [-0.4, -0.2) is 47.5 Å². The maximum Gasteiger partial charge on any atom is 0.229 e. The van der Waals surface area contributed by atoms with Gasteiger partial charge in [-0.3, -0.25) is 9.59 Å². The first-order chi connectivity index (χ1) is 12.1. The Labute approximate surface area is 150 Å². The molecule has 2 amide bonds. The average molecular weight is 359 g/mol. The molecule has 1 aromatic heterocycles. The zero-order valence-corrected chi connectivity index (χ0v) is 15.0. The van der Waals surface area contributed by atoms with Crippen LogP contribution in [0.2, 0.25) is 0 Å². The number of carbonyl (C=O) groups excluding carboxylic acids is 2. The first-order valence-electron chi connectivity index (χ1n) is 8.65. The standard InChI is InChI=1S/C18H21N3O3S/c1-11-19-15-9-13(2-3-16(15)25-11)20-18(23)12-8-17(22)21(10-12)14-4-6-24-7-5-14/h2-3,9,12,14H,4-8,10H2,1H3,(H,20,23). The van der Waals surface area contributed by atoms with Crippen LogP contribution < -0.4 is 5.32 Å². The lowest BCUT2D eigenvalue weighted by Gasteiger charge is -2.31. The summed E-state index contributed by atoms with van der Waals surface area (Å²) in [6.45, 7) is 3.86. The number of hydrogen-bond donors (Lipinski definition) is 1. The van der Waals surface area contributed by atoms with Gasteiger partial charge in [0, 0.05) is 37.9 Å². The van der Waals surface area contributed by atoms with Crippen LogP contribution in [0.1, 0.15) is 24.3 Å². The molecule has 2 aromatic rings. The molecule has 2 saturated heterocycles. The van der Waals surface area contributed by atoms with Crippen LogP contribution in [0.25, 0.3) is 10.2 Å². The van der Waals surface area contributed by atoms with E-state index in [0.29, 0.717) is 26.2 Å². The normalized spacial score (nSPS) is 21.9. The lowest BCUT2D eigenvalue weighted by atomic mass is 10.1. The molecule has 2 fully saturated rings. The van der Waals surface area contributed by atoms with Crippen molar-refractivity contribution in [2.24, 2.45) is 5.92 Å². The number of aryl methyl sites for hydroxylation is 1. The minimum atomic E-state index is -0.289. The van der Waals surface area contributed by atoms with E-state index in [4.69, 9.17) is 4.74 Å². The van der Waals surface area contributed by atoms with Crippen LogP contribution >= 0.6 is 11.3 Å². The molecule has 1 N–H and O–H groups in total. The van der Waals surface area contributed by atoms with Crippen molar-refractivity contribution >= 4 is 39.1 Å². The first-order valence-corrected chi connectivity index (χ1v) is 9.47. The minimum Gasteiger partial charge on any atom is -0.381 e. The molecule has 0 saturated carbocycles. The van der Waals surface area contributed by atoms with Crippen molar-refractivity contribution in [1.82, 2.24) is 9.88 Å². The van der Waals surface area contributed by atoms with Gasteiger partial charge in [0.25, 0.3) is 0 Å². The van der Waals surface area contributed by atoms with Gasteiger partial charge in [0.2, 0.25) is 11.8 Å². The topological polar surface area (TPSA) is 71.5 Å². The SMILES string of the molecule is Cc1nc2cc(NC(=O)C3CC(=O)N(C4CCOCC4)C3)ccc2s1. The predicted molar refractivity (Wildman–Crippen MR) is 96.6 cm³/mol. The van der Waals surface area contributed by atoms with Crippen molar-refractivity contribution in [3.05, 3.63) is 23.2 Å². The highest BCUT2D eigenvalue weighted by molar-refractivity contribution is 7.18. The van der Waals surface area contributed by atoms with Gasteiger partial charge < -0.3 is 15.0 Å². The van der Waals surface area contributed by atoms with Gasteiger partial charge in [-0.25, -0.2) is 4.98 Å². The maximum atomic E-state index is 12.6. The Balaban J connectivity index is 1.42. The van der Waals surface area contributed by atoms with Gasteiger partial charge in [0.15, 0.2) is 0 Å². The second kappa shape index (κ2) is 6.72. The number of carbonyl (C=O) groups is 2. The molecule has 4 rings (SSSR count). The third-order valence-electron chi connectivity index (χ3n) is 4.92. The Kier molecular flexibility index (Phi) is 4.43. The number of likely N-dealkylation sites (tertiary alicyclic amines) is 1. The van der Waals surface area contributed by atoms with Gasteiger partial charge >= 0.3 is 0 Å². The third kappa shape index (κ3) is 3.39. The van der Waals surface area contributed by atoms with E-state index in [1.54, 1.807) is 11.3 Å². The summed E-state index contributed by atoms with van der Waals surface area (Å²) >= 11 is 1.64. The number of nitrogens with zero attached hydrogens (tertiary/aromatic N) is 2. The van der Waals surface area contributed by atoms with Crippen LogP contribution in [0.3, 0.4) is 0 Å². The molecule has 2 aliphatic rings. The lowest BCUT2D eigenvalue weighted by molar-refractivity contribution is -0.131. The molecule has 2 aliphatic heterocycles. The Morgan fingerprint density at radius 1 is 1.36 bits per heavy atom. The highest BCUT2D eigenvalue weighted by Crippen LogP contribution is 2.27. The van der Waals surface area contributed by atoms with Crippen molar-refractivity contribution in [2.75, 3.05) is 25.1 Å². The monoisotopic (exact) mass is 359 g/mol. The maximum absolute atomic E-state index is 12.6. The molecule has 1 atom stereocenters. The number of amides is 2. The number of hydrogen-bond acceptors (Lipinski definition) is 5. The van der Waals surface area contributed by atoms with Gasteiger partial charge in [0.05, 0.1) is 21.1 Å². The van der Waals surface area contributed by atoms with Gasteiger partial charge in [-0.1, -0.05) is 0 Å². The summed E-state index contributed by atoms with van der Waals surface area (Å²) in [5, 5.41) is 3.96. The van der Waals surface area contributed by atoms with Crippen LogP contribution in [-0.2, 0) is 14.3 Å². The van der Waals surface area contributed by atoms with E-state index in [0.717, 1.165) is 33.8 Å². The van der Waals surface area contributed by atoms with Crippen molar-refractivity contribution in [3.8, 4) is 0 Å². The molecule has 0 spiro atoms. The summed E-state index contributed by atoms with van der Waals surface area (Å²) < 4.78 is 6.47. The molecule has 132 valence electrons. The fraction of sp³-hybridized carbons (Fsp3) is 0.500. The molecular formula is C18H21N3O3S. The highest BCUT2D eigenvalue weighted by atomic mass is 32.1. The van der Waals surface area contributed by atoms with E-state index in [-0.39, 0.29) is 23.8 Å². The zero-order chi connectivity index (χ0) is 17.4. The van der Waals surface area contributed by atoms with E-state index in [1.165, 1.54) is 0 Å². The fourth-order valence-electron chi connectivity index (χ4n) is 3.62. The number of fused-ring (bicyclic) bond motifs is 1. The number of anilines is 1. The van der Waals surface area contributed by atoms with Crippen LogP contribution in [0, 0.1) is 12.8 Å². The van der Waals surface area contributed by atoms with E-state index in [2.05, 4.69) is 10.3 Å². The summed E-state index contributed by atoms with van der Waals surface area (Å²) in [4.78, 5) is 31.2. The molecule has 1 aromatic carbocycles. The Morgan fingerprint density at radius 3 is 2.96 bits per heavy atom. The predicted octanol–water partition coefficient (Wildman–Crippen LogP) is 2.57. The second-order valence-corrected chi connectivity index (χ2v) is 7.93. The molecule has 7 heteroatoms. The fourth-order valence-corrected chi connectivity index (χ4v) is 4.43. The summed E-state index contributed by atoms with van der Waals surface area (Å²) in [5.41, 5.74) is 1.63. The Morgan fingerprint density at radius 2 is 2.16 bits per heavy atom. The smallest absolute Gasteiger partial charge is 0.229 e. The van der Waals surface area contributed by atoms with E-state index >= 15 is 0 Å². The molecular weight excluding hydrogens is 338 g/mol. The first kappa shape index (κ1) is 16.5. The Bertz CT molecular complexity index is 813. The van der Waals surface area contributed by atoms with Crippen LogP contribution in [0.4, 0.5) is 5.69 Å². The van der Waals surface area contributed by atoms with Gasteiger partial charge in [-0.15, -0.1) is 11.3 Å². The zero-order valence-electron chi connectivity index (χ0n) is 14.2. The molecule has 0 radical (unpaired) electrons. The van der Waals surface area contributed by atoms with Crippen LogP contribution in [0.15, 0.2) is 18.2 Å². The molecule has 6 nitrogen and oxygen atoms in total. The summed E-state index contributed by atoms with van der Waals surface area (Å²) in [6.07, 6.45) is 2.01. The number of benzene rings is 1. The number of nitrogens with one attached hydrogen (secondary N) is 1. The van der Waals surface area contributed by atoms with Crippen molar-refractivity contribution in [1.29, 1.82) is 0 Å². The van der Waals surface area contributed by atoms with Crippen molar-refractivity contribution in [2.45, 2.75) is 32.2 Å². The van der Waals surface area contributed by atoms with E-state index < -0.39 is 0 Å². The number of ether oxygens (including phenoxy) is 1. The average Bonchev–Trinajstić information content (AvgIpc) is 3.17. The lowest BCUT2D eigenvalue weighted by Crippen LogP contribution is -2.41. The molecule has 25 heavy (non-hydrogen) atoms. The number of rotatable bonds is 3. The molecule has 3 heterocycles. The number of aromatic nitrogens is 1. The molecule has 0 bridgehead atoms. The molecule has 0 aliphatic carbocycles. The van der Waals surface area contributed by atoms with Crippen molar-refractivity contribution in [3.63, 3.8) is 0 Å². The third-order valence-corrected chi connectivity index (χ3v) is 5.87. The van der Waals surface area contributed by atoms with Gasteiger partial charge in [0.1, 0.15) is 0 Å². The molecule has 1 unspecified atom stereocenters. The summed E-state index contributed by atoms with van der Waals surface area (Å²) in [7, 11) is 0. The van der Waals surface area contributed by atoms with Crippen LogP contribution in [0.5, 0.6) is 0 Å². The van der Waals surface area contributed by atoms with Crippen molar-refractivity contribution < 1.29 is 14.3 Å². The van der Waals surface area contributed by atoms with Gasteiger partial charge in [-0.2, -0.15) is 0 Å². The van der Waals surface area contributed by atoms with E-state index in [9.17, 15) is 9.59 Å². The summed E-state index contributed by atoms with van der Waals surface area (Å²) in [6, 6.07) is 5.98. The quantitative estimate of drug-likeness (QED) is 0.914. The second-order valence-electron chi connectivity index (χ2n) is 6.70. The summed E-state index contributed by atoms with van der Waals surface area (Å²) in [5.74, 6) is -0.296. The van der Waals surface area contributed by atoms with E-state index in [1.807, 2.05) is 30.0 Å². The highest BCUT2D eigenvalue weighted by Gasteiger charge is 2.38.